The molecule has 7 heteroatoms. The lowest BCUT2D eigenvalue weighted by molar-refractivity contribution is 0.0957. The molecule has 1 atom stereocenters. The van der Waals surface area contributed by atoms with Gasteiger partial charge in [0.05, 0.1) is 12.6 Å². The number of amides is 3. The predicted octanol–water partition coefficient (Wildman–Crippen LogP) is 3.32. The maximum Gasteiger partial charge on any atom is 0.409 e. The summed E-state index contributed by atoms with van der Waals surface area (Å²) in [7, 11) is 0. The van der Waals surface area contributed by atoms with Crippen molar-refractivity contribution in [3.63, 3.8) is 0 Å². The van der Waals surface area contributed by atoms with Crippen molar-refractivity contribution in [1.82, 2.24) is 15.5 Å². The van der Waals surface area contributed by atoms with Crippen molar-refractivity contribution in [1.29, 1.82) is 0 Å². The molecular weight excluding hydrogens is 330 g/mol. The number of hydrogen-bond acceptors (Lipinski definition) is 3. The van der Waals surface area contributed by atoms with Gasteiger partial charge in [-0.05, 0) is 38.3 Å². The second kappa shape index (κ2) is 8.78. The van der Waals surface area contributed by atoms with E-state index in [1.54, 1.807) is 17.9 Å². The summed E-state index contributed by atoms with van der Waals surface area (Å²) in [6, 6.07) is 7.09. The molecule has 1 heterocycles. The number of nitrogens with one attached hydrogen (secondary N) is 2. The van der Waals surface area contributed by atoms with E-state index < -0.39 is 0 Å². The summed E-state index contributed by atoms with van der Waals surface area (Å²) in [5.74, 6) is 0. The molecule has 6 nitrogen and oxygen atoms in total. The molecule has 132 valence electrons. The Kier molecular flexibility index (Phi) is 6.73. The lowest BCUT2D eigenvalue weighted by Gasteiger charge is -2.31. The minimum Gasteiger partial charge on any atom is -0.450 e. The zero-order chi connectivity index (χ0) is 17.5. The van der Waals surface area contributed by atoms with Crippen LogP contribution in [0.25, 0.3) is 0 Å². The number of likely N-dealkylation sites (tertiary alicyclic amines) is 1. The molecule has 3 amide bonds. The van der Waals surface area contributed by atoms with Gasteiger partial charge in [-0.15, -0.1) is 0 Å². The maximum atomic E-state index is 12.2. The van der Waals surface area contributed by atoms with E-state index in [2.05, 4.69) is 10.6 Å². The minimum absolute atomic E-state index is 0.0501. The highest BCUT2D eigenvalue weighted by molar-refractivity contribution is 6.31. The first kappa shape index (κ1) is 18.4. The van der Waals surface area contributed by atoms with Gasteiger partial charge in [-0.2, -0.15) is 0 Å². The average Bonchev–Trinajstić information content (AvgIpc) is 2.56. The standard InChI is InChI=1S/C17H24ClN3O3/c1-3-24-17(23)21-10-8-13(9-11-21)20-16(22)19-12(2)14-6-4-5-7-15(14)18/h4-7,12-13H,3,8-11H2,1-2H3,(H2,19,20,22). The van der Waals surface area contributed by atoms with Crippen molar-refractivity contribution in [2.75, 3.05) is 19.7 Å². The van der Waals surface area contributed by atoms with Gasteiger partial charge in [0, 0.05) is 24.2 Å². The zero-order valence-corrected chi connectivity index (χ0v) is 14.8. The predicted molar refractivity (Wildman–Crippen MR) is 93.2 cm³/mol. The molecule has 0 aromatic heterocycles. The number of halogens is 1. The lowest BCUT2D eigenvalue weighted by atomic mass is 10.1. The van der Waals surface area contributed by atoms with Crippen LogP contribution in [0, 0.1) is 0 Å². The highest BCUT2D eigenvalue weighted by Crippen LogP contribution is 2.22. The van der Waals surface area contributed by atoms with Crippen LogP contribution in [0.5, 0.6) is 0 Å². The lowest BCUT2D eigenvalue weighted by Crippen LogP contribution is -2.49. The van der Waals surface area contributed by atoms with Crippen LogP contribution in [0.4, 0.5) is 9.59 Å². The van der Waals surface area contributed by atoms with Gasteiger partial charge in [-0.25, -0.2) is 9.59 Å². The third kappa shape index (κ3) is 5.03. The van der Waals surface area contributed by atoms with Gasteiger partial charge < -0.3 is 20.3 Å². The van der Waals surface area contributed by atoms with Crippen LogP contribution in [0.2, 0.25) is 5.02 Å². The van der Waals surface area contributed by atoms with Gasteiger partial charge in [-0.3, -0.25) is 0 Å². The maximum absolute atomic E-state index is 12.2. The van der Waals surface area contributed by atoms with Gasteiger partial charge in [0.2, 0.25) is 0 Å². The summed E-state index contributed by atoms with van der Waals surface area (Å²) in [4.78, 5) is 25.5. The number of benzene rings is 1. The van der Waals surface area contributed by atoms with Crippen LogP contribution in [-0.2, 0) is 4.74 Å². The SMILES string of the molecule is CCOC(=O)N1CCC(NC(=O)NC(C)c2ccccc2Cl)CC1. The van der Waals surface area contributed by atoms with Crippen molar-refractivity contribution in [2.45, 2.75) is 38.8 Å². The summed E-state index contributed by atoms with van der Waals surface area (Å²) in [6.45, 7) is 5.23. The summed E-state index contributed by atoms with van der Waals surface area (Å²) in [5, 5.41) is 6.49. The first-order valence-electron chi connectivity index (χ1n) is 8.24. The highest BCUT2D eigenvalue weighted by Gasteiger charge is 2.25. The number of ether oxygens (including phenoxy) is 1. The first-order chi connectivity index (χ1) is 11.5. The summed E-state index contributed by atoms with van der Waals surface area (Å²) in [6.07, 6.45) is 1.15. The summed E-state index contributed by atoms with van der Waals surface area (Å²) < 4.78 is 4.99. The Labute approximate surface area is 147 Å². The van der Waals surface area contributed by atoms with Crippen LogP contribution in [0.15, 0.2) is 24.3 Å². The molecular formula is C17H24ClN3O3. The molecule has 1 aliphatic rings. The van der Waals surface area contributed by atoms with E-state index in [0.717, 1.165) is 5.56 Å². The largest absolute Gasteiger partial charge is 0.450 e. The minimum atomic E-state index is -0.284. The van der Waals surface area contributed by atoms with Crippen molar-refractivity contribution in [3.05, 3.63) is 34.9 Å². The smallest absolute Gasteiger partial charge is 0.409 e. The Hall–Kier alpha value is -1.95. The second-order valence-corrected chi connectivity index (χ2v) is 6.23. The normalized spacial score (nSPS) is 16.4. The molecule has 0 bridgehead atoms. The molecule has 1 aromatic carbocycles. The highest BCUT2D eigenvalue weighted by atomic mass is 35.5. The van der Waals surface area contributed by atoms with Crippen molar-refractivity contribution in [3.8, 4) is 0 Å². The molecule has 0 spiro atoms. The van der Waals surface area contributed by atoms with Crippen molar-refractivity contribution in [2.24, 2.45) is 0 Å². The van der Waals surface area contributed by atoms with Crippen LogP contribution in [0.3, 0.4) is 0 Å². The number of hydrogen-bond donors (Lipinski definition) is 2. The molecule has 1 aliphatic heterocycles. The van der Waals surface area contributed by atoms with Gasteiger partial charge in [0.25, 0.3) is 0 Å². The molecule has 1 saturated heterocycles. The van der Waals surface area contributed by atoms with Crippen LogP contribution in [0.1, 0.15) is 38.3 Å². The Morgan fingerprint density at radius 2 is 2.00 bits per heavy atom. The summed E-state index contributed by atoms with van der Waals surface area (Å²) >= 11 is 6.14. The van der Waals surface area contributed by atoms with Gasteiger partial charge in [-0.1, -0.05) is 29.8 Å². The molecule has 2 rings (SSSR count). The fraction of sp³-hybridized carbons (Fsp3) is 0.529. The van der Waals surface area contributed by atoms with Crippen LogP contribution >= 0.6 is 11.6 Å². The number of carbonyl (C=O) groups excluding carboxylic acids is 2. The zero-order valence-electron chi connectivity index (χ0n) is 14.0. The molecule has 1 unspecified atom stereocenters. The molecule has 2 N–H and O–H groups in total. The van der Waals surface area contributed by atoms with E-state index in [4.69, 9.17) is 16.3 Å². The monoisotopic (exact) mass is 353 g/mol. The number of urea groups is 1. The van der Waals surface area contributed by atoms with Gasteiger partial charge >= 0.3 is 12.1 Å². The number of piperidine rings is 1. The molecule has 1 aromatic rings. The molecule has 0 saturated carbocycles. The third-order valence-corrected chi connectivity index (χ3v) is 4.42. The third-order valence-electron chi connectivity index (χ3n) is 4.08. The molecule has 0 aliphatic carbocycles. The quantitative estimate of drug-likeness (QED) is 0.872. The Morgan fingerprint density at radius 1 is 1.33 bits per heavy atom. The van der Waals surface area contributed by atoms with Crippen LogP contribution < -0.4 is 10.6 Å². The molecule has 0 radical (unpaired) electrons. The van der Waals surface area contributed by atoms with E-state index in [1.807, 2.05) is 25.1 Å². The Balaban J connectivity index is 1.77. The van der Waals surface area contributed by atoms with E-state index in [-0.39, 0.29) is 24.2 Å². The average molecular weight is 354 g/mol. The molecule has 24 heavy (non-hydrogen) atoms. The summed E-state index contributed by atoms with van der Waals surface area (Å²) in [5.41, 5.74) is 0.881. The van der Waals surface area contributed by atoms with E-state index in [9.17, 15) is 9.59 Å². The topological polar surface area (TPSA) is 70.7 Å². The first-order valence-corrected chi connectivity index (χ1v) is 8.62. The van der Waals surface area contributed by atoms with Gasteiger partial charge in [0.1, 0.15) is 0 Å². The van der Waals surface area contributed by atoms with Crippen molar-refractivity contribution >= 4 is 23.7 Å². The van der Waals surface area contributed by atoms with Crippen molar-refractivity contribution < 1.29 is 14.3 Å². The fourth-order valence-corrected chi connectivity index (χ4v) is 3.05. The number of carbonyl (C=O) groups is 2. The number of rotatable bonds is 4. The second-order valence-electron chi connectivity index (χ2n) is 5.82. The Bertz CT molecular complexity index is 574. The molecule has 1 fully saturated rings. The Morgan fingerprint density at radius 3 is 2.62 bits per heavy atom. The van der Waals surface area contributed by atoms with E-state index in [0.29, 0.717) is 37.6 Å². The fourth-order valence-electron chi connectivity index (χ4n) is 2.75. The van der Waals surface area contributed by atoms with E-state index >= 15 is 0 Å². The number of nitrogens with zero attached hydrogens (tertiary/aromatic N) is 1. The van der Waals surface area contributed by atoms with Gasteiger partial charge in [0.15, 0.2) is 0 Å². The van der Waals surface area contributed by atoms with Crippen LogP contribution in [-0.4, -0.2) is 42.8 Å². The van der Waals surface area contributed by atoms with E-state index in [1.165, 1.54) is 0 Å².